The third-order valence-electron chi connectivity index (χ3n) is 4.84. The molecule has 0 aliphatic carbocycles. The molecular formula is C23H27N5OS. The Morgan fingerprint density at radius 2 is 1.80 bits per heavy atom. The number of aromatic nitrogens is 3. The molecular weight excluding hydrogens is 394 g/mol. The van der Waals surface area contributed by atoms with Crippen LogP contribution < -0.4 is 10.6 Å². The van der Waals surface area contributed by atoms with E-state index in [-0.39, 0.29) is 12.5 Å². The molecule has 0 bridgehead atoms. The second kappa shape index (κ2) is 9.54. The predicted molar refractivity (Wildman–Crippen MR) is 124 cm³/mol. The average Bonchev–Trinajstić information content (AvgIpc) is 2.99. The van der Waals surface area contributed by atoms with E-state index in [4.69, 9.17) is 12.2 Å². The number of rotatable bonds is 8. The lowest BCUT2D eigenvalue weighted by Gasteiger charge is -2.12. The molecule has 1 amide bonds. The Hall–Kier alpha value is -3.19. The number of carbonyl (C=O) groups is 1. The second-order valence-corrected chi connectivity index (χ2v) is 7.66. The lowest BCUT2D eigenvalue weighted by Crippen LogP contribution is -2.20. The normalized spacial score (nSPS) is 10.6. The zero-order valence-electron chi connectivity index (χ0n) is 17.6. The molecule has 2 N–H and O–H groups in total. The van der Waals surface area contributed by atoms with Crippen molar-refractivity contribution in [1.82, 2.24) is 14.3 Å². The van der Waals surface area contributed by atoms with Crippen LogP contribution in [0.3, 0.4) is 0 Å². The summed E-state index contributed by atoms with van der Waals surface area (Å²) in [7, 11) is 0. The molecule has 0 radical (unpaired) electrons. The highest BCUT2D eigenvalue weighted by molar-refractivity contribution is 7.71. The summed E-state index contributed by atoms with van der Waals surface area (Å²) in [6.45, 7) is 11.0. The molecule has 0 aliphatic heterocycles. The minimum Gasteiger partial charge on any atom is -0.377 e. The van der Waals surface area contributed by atoms with Crippen molar-refractivity contribution in [3.63, 3.8) is 0 Å². The molecule has 3 aromatic rings. The molecule has 156 valence electrons. The van der Waals surface area contributed by atoms with E-state index in [0.717, 1.165) is 22.8 Å². The van der Waals surface area contributed by atoms with E-state index < -0.39 is 0 Å². The van der Waals surface area contributed by atoms with Crippen LogP contribution in [0.2, 0.25) is 0 Å². The van der Waals surface area contributed by atoms with E-state index in [1.807, 2.05) is 41.8 Å². The lowest BCUT2D eigenvalue weighted by molar-refractivity contribution is -0.116. The molecule has 1 aromatic heterocycles. The molecule has 2 aromatic carbocycles. The molecule has 0 atom stereocenters. The van der Waals surface area contributed by atoms with Gasteiger partial charge < -0.3 is 10.6 Å². The predicted octanol–water partition coefficient (Wildman–Crippen LogP) is 4.78. The minimum absolute atomic E-state index is 0.0489. The Labute approximate surface area is 182 Å². The summed E-state index contributed by atoms with van der Waals surface area (Å²) in [5.74, 6) is 0.582. The maximum Gasteiger partial charge on any atom is 0.246 e. The summed E-state index contributed by atoms with van der Waals surface area (Å²) in [6.07, 6.45) is 1.77. The maximum absolute atomic E-state index is 12.5. The number of anilines is 2. The van der Waals surface area contributed by atoms with Crippen molar-refractivity contribution < 1.29 is 4.79 Å². The fraction of sp³-hybridized carbons (Fsp3) is 0.261. The second-order valence-electron chi connectivity index (χ2n) is 7.29. The SMILES string of the molecule is C=CCn1c(CNc2c(C)cccc2C)nn(CC(=O)Nc2ccc(C)cc2)c1=S. The number of hydrogen-bond donors (Lipinski definition) is 2. The molecule has 0 aliphatic rings. The number of nitrogens with one attached hydrogen (secondary N) is 2. The van der Waals surface area contributed by atoms with Crippen molar-refractivity contribution in [3.8, 4) is 0 Å². The molecule has 0 unspecified atom stereocenters. The van der Waals surface area contributed by atoms with E-state index >= 15 is 0 Å². The van der Waals surface area contributed by atoms with E-state index in [1.54, 1.807) is 10.8 Å². The van der Waals surface area contributed by atoms with Crippen LogP contribution in [0.15, 0.2) is 55.1 Å². The molecule has 0 saturated carbocycles. The highest BCUT2D eigenvalue weighted by Crippen LogP contribution is 2.20. The number of amides is 1. The van der Waals surface area contributed by atoms with Gasteiger partial charge in [0, 0.05) is 17.9 Å². The summed E-state index contributed by atoms with van der Waals surface area (Å²) in [4.78, 5) is 12.5. The Kier molecular flexibility index (Phi) is 6.84. The number of nitrogens with zero attached hydrogens (tertiary/aromatic N) is 3. The standard InChI is InChI=1S/C23H27N5OS/c1-5-13-27-20(14-24-22-17(3)7-6-8-18(22)4)26-28(23(27)30)15-21(29)25-19-11-9-16(2)10-12-19/h5-12,24H,1,13-15H2,2-4H3,(H,25,29). The molecule has 0 spiro atoms. The van der Waals surface area contributed by atoms with Crippen LogP contribution in [-0.2, 0) is 24.4 Å². The van der Waals surface area contributed by atoms with E-state index in [9.17, 15) is 4.79 Å². The van der Waals surface area contributed by atoms with Gasteiger partial charge in [0.2, 0.25) is 5.91 Å². The summed E-state index contributed by atoms with van der Waals surface area (Å²) >= 11 is 5.57. The molecule has 1 heterocycles. The third kappa shape index (κ3) is 5.04. The lowest BCUT2D eigenvalue weighted by atomic mass is 10.1. The first-order chi connectivity index (χ1) is 14.4. The monoisotopic (exact) mass is 421 g/mol. The van der Waals surface area contributed by atoms with Crippen LogP contribution in [-0.4, -0.2) is 20.3 Å². The molecule has 30 heavy (non-hydrogen) atoms. The van der Waals surface area contributed by atoms with Gasteiger partial charge in [0.15, 0.2) is 10.6 Å². The maximum atomic E-state index is 12.5. The van der Waals surface area contributed by atoms with Crippen molar-refractivity contribution >= 4 is 29.5 Å². The van der Waals surface area contributed by atoms with Gasteiger partial charge in [0.05, 0.1) is 6.54 Å². The highest BCUT2D eigenvalue weighted by atomic mass is 32.1. The molecule has 3 rings (SSSR count). The first-order valence-electron chi connectivity index (χ1n) is 9.83. The number of carbonyl (C=O) groups excluding carboxylic acids is 1. The van der Waals surface area contributed by atoms with Gasteiger partial charge in [0.1, 0.15) is 6.54 Å². The average molecular weight is 422 g/mol. The zero-order chi connectivity index (χ0) is 21.7. The van der Waals surface area contributed by atoms with Gasteiger partial charge in [-0.25, -0.2) is 4.68 Å². The molecule has 6 nitrogen and oxygen atoms in total. The smallest absolute Gasteiger partial charge is 0.246 e. The van der Waals surface area contributed by atoms with E-state index in [1.165, 1.54) is 11.1 Å². The number of aryl methyl sites for hydroxylation is 3. The van der Waals surface area contributed by atoms with Crippen LogP contribution in [0.1, 0.15) is 22.5 Å². The van der Waals surface area contributed by atoms with Crippen LogP contribution in [0, 0.1) is 25.5 Å². The number of para-hydroxylation sites is 1. The minimum atomic E-state index is -0.174. The van der Waals surface area contributed by atoms with Crippen LogP contribution >= 0.6 is 12.2 Å². The van der Waals surface area contributed by atoms with Crippen LogP contribution in [0.5, 0.6) is 0 Å². The fourth-order valence-electron chi connectivity index (χ4n) is 3.27. The van der Waals surface area contributed by atoms with Gasteiger partial charge in [-0.2, -0.15) is 5.10 Å². The summed E-state index contributed by atoms with van der Waals surface area (Å²) < 4.78 is 3.94. The van der Waals surface area contributed by atoms with Gasteiger partial charge in [-0.15, -0.1) is 6.58 Å². The molecule has 7 heteroatoms. The number of hydrogen-bond acceptors (Lipinski definition) is 4. The van der Waals surface area contributed by atoms with Crippen molar-refractivity contribution in [2.45, 2.75) is 40.4 Å². The highest BCUT2D eigenvalue weighted by Gasteiger charge is 2.13. The topological polar surface area (TPSA) is 63.9 Å². The Bertz CT molecular complexity index is 1090. The summed E-state index contributed by atoms with van der Waals surface area (Å²) in [5, 5.41) is 10.9. The molecule has 0 saturated heterocycles. The Morgan fingerprint density at radius 3 is 2.43 bits per heavy atom. The first-order valence-corrected chi connectivity index (χ1v) is 10.2. The van der Waals surface area contributed by atoms with Gasteiger partial charge in [0.25, 0.3) is 0 Å². The number of allylic oxidation sites excluding steroid dienone is 1. The third-order valence-corrected chi connectivity index (χ3v) is 5.28. The van der Waals surface area contributed by atoms with Crippen molar-refractivity contribution in [2.24, 2.45) is 0 Å². The van der Waals surface area contributed by atoms with E-state index in [2.05, 4.69) is 48.3 Å². The quantitative estimate of drug-likeness (QED) is 0.406. The Balaban J connectivity index is 1.77. The first kappa shape index (κ1) is 21.5. The van der Waals surface area contributed by atoms with Gasteiger partial charge in [-0.3, -0.25) is 9.36 Å². The largest absolute Gasteiger partial charge is 0.377 e. The van der Waals surface area contributed by atoms with Crippen LogP contribution in [0.4, 0.5) is 11.4 Å². The van der Waals surface area contributed by atoms with Crippen molar-refractivity contribution in [1.29, 1.82) is 0 Å². The van der Waals surface area contributed by atoms with Crippen molar-refractivity contribution in [2.75, 3.05) is 10.6 Å². The summed E-state index contributed by atoms with van der Waals surface area (Å²) in [6, 6.07) is 13.8. The van der Waals surface area contributed by atoms with Gasteiger partial charge in [-0.1, -0.05) is 42.0 Å². The van der Waals surface area contributed by atoms with E-state index in [0.29, 0.717) is 17.9 Å². The Morgan fingerprint density at radius 1 is 1.13 bits per heavy atom. The van der Waals surface area contributed by atoms with Crippen LogP contribution in [0.25, 0.3) is 0 Å². The number of benzene rings is 2. The fourth-order valence-corrected chi connectivity index (χ4v) is 3.55. The van der Waals surface area contributed by atoms with Crippen molar-refractivity contribution in [3.05, 3.63) is 82.4 Å². The zero-order valence-corrected chi connectivity index (χ0v) is 18.4. The van der Waals surface area contributed by atoms with Gasteiger partial charge >= 0.3 is 0 Å². The summed E-state index contributed by atoms with van der Waals surface area (Å²) in [5.41, 5.74) is 5.31. The van der Waals surface area contributed by atoms with Gasteiger partial charge in [-0.05, 0) is 56.2 Å². The molecule has 0 fully saturated rings.